The lowest BCUT2D eigenvalue weighted by molar-refractivity contribution is -0.00952. The summed E-state index contributed by atoms with van der Waals surface area (Å²) in [5, 5.41) is 17.7. The van der Waals surface area contributed by atoms with Gasteiger partial charge in [0.15, 0.2) is 0 Å². The minimum absolute atomic E-state index is 0.0984. The van der Waals surface area contributed by atoms with E-state index in [1.807, 2.05) is 0 Å². The van der Waals surface area contributed by atoms with Crippen LogP contribution in [0.1, 0.15) is 19.3 Å². The SMILES string of the molecule is OC1CCC(O)C(F)C1. The quantitative estimate of drug-likeness (QED) is 0.498. The van der Waals surface area contributed by atoms with Gasteiger partial charge in [0, 0.05) is 6.42 Å². The molecule has 2 N–H and O–H groups in total. The number of aliphatic hydroxyl groups excluding tert-OH is 2. The standard InChI is InChI=1S/C6H11FO2/c7-5-3-4(8)1-2-6(5)9/h4-6,8-9H,1-3H2. The smallest absolute Gasteiger partial charge is 0.128 e. The van der Waals surface area contributed by atoms with Gasteiger partial charge in [-0.2, -0.15) is 0 Å². The lowest BCUT2D eigenvalue weighted by Gasteiger charge is -2.24. The Bertz CT molecular complexity index is 97.1. The first-order chi connectivity index (χ1) is 4.20. The van der Waals surface area contributed by atoms with Crippen LogP contribution in [0, 0.1) is 0 Å². The highest BCUT2D eigenvalue weighted by Crippen LogP contribution is 2.21. The number of rotatable bonds is 0. The van der Waals surface area contributed by atoms with Crippen molar-refractivity contribution in [3.8, 4) is 0 Å². The molecule has 1 aliphatic carbocycles. The first-order valence-electron chi connectivity index (χ1n) is 3.20. The van der Waals surface area contributed by atoms with Gasteiger partial charge in [0.2, 0.25) is 0 Å². The molecule has 3 heteroatoms. The van der Waals surface area contributed by atoms with Gasteiger partial charge in [0.25, 0.3) is 0 Å². The molecule has 1 rings (SSSR count). The van der Waals surface area contributed by atoms with Crippen LogP contribution in [0.15, 0.2) is 0 Å². The molecule has 0 bridgehead atoms. The Balaban J connectivity index is 2.35. The molecule has 0 amide bonds. The van der Waals surface area contributed by atoms with Crippen molar-refractivity contribution in [3.05, 3.63) is 0 Å². The lowest BCUT2D eigenvalue weighted by Crippen LogP contribution is -2.32. The second kappa shape index (κ2) is 2.62. The summed E-state index contributed by atoms with van der Waals surface area (Å²) in [5.74, 6) is 0. The molecule has 0 radical (unpaired) electrons. The number of hydrogen-bond donors (Lipinski definition) is 2. The second-order valence-corrected chi connectivity index (χ2v) is 2.55. The summed E-state index contributed by atoms with van der Waals surface area (Å²) in [6.45, 7) is 0. The van der Waals surface area contributed by atoms with Gasteiger partial charge in [0.05, 0.1) is 12.2 Å². The Kier molecular flexibility index (Phi) is 2.03. The number of hydrogen-bond acceptors (Lipinski definition) is 2. The van der Waals surface area contributed by atoms with Crippen LogP contribution in [0.25, 0.3) is 0 Å². The Morgan fingerprint density at radius 2 is 1.89 bits per heavy atom. The van der Waals surface area contributed by atoms with Crippen LogP contribution in [0.2, 0.25) is 0 Å². The maximum atomic E-state index is 12.4. The van der Waals surface area contributed by atoms with Gasteiger partial charge in [-0.05, 0) is 12.8 Å². The van der Waals surface area contributed by atoms with Gasteiger partial charge in [-0.1, -0.05) is 0 Å². The van der Waals surface area contributed by atoms with Crippen molar-refractivity contribution >= 4 is 0 Å². The number of alkyl halides is 1. The Morgan fingerprint density at radius 1 is 1.22 bits per heavy atom. The molecule has 0 saturated heterocycles. The molecule has 0 aliphatic heterocycles. The third kappa shape index (κ3) is 1.63. The third-order valence-corrected chi connectivity index (χ3v) is 1.71. The summed E-state index contributed by atoms with van der Waals surface area (Å²) >= 11 is 0. The Labute approximate surface area is 53.3 Å². The molecule has 1 saturated carbocycles. The normalized spacial score (nSPS) is 45.0. The summed E-state index contributed by atoms with van der Waals surface area (Å²) in [7, 11) is 0. The van der Waals surface area contributed by atoms with Crippen LogP contribution in [-0.2, 0) is 0 Å². The summed E-state index contributed by atoms with van der Waals surface area (Å²) in [5.41, 5.74) is 0. The van der Waals surface area contributed by atoms with Crippen molar-refractivity contribution in [2.75, 3.05) is 0 Å². The highest BCUT2D eigenvalue weighted by atomic mass is 19.1. The Morgan fingerprint density at radius 3 is 2.33 bits per heavy atom. The topological polar surface area (TPSA) is 40.5 Å². The molecule has 3 atom stereocenters. The van der Waals surface area contributed by atoms with Crippen LogP contribution in [-0.4, -0.2) is 28.6 Å². The minimum Gasteiger partial charge on any atom is -0.393 e. The van der Waals surface area contributed by atoms with E-state index in [2.05, 4.69) is 0 Å². The van der Waals surface area contributed by atoms with Gasteiger partial charge in [-0.25, -0.2) is 4.39 Å². The summed E-state index contributed by atoms with van der Waals surface area (Å²) in [4.78, 5) is 0. The molecule has 3 unspecified atom stereocenters. The summed E-state index contributed by atoms with van der Waals surface area (Å²) < 4.78 is 12.4. The molecule has 0 heterocycles. The van der Waals surface area contributed by atoms with E-state index in [1.54, 1.807) is 0 Å². The predicted molar refractivity (Wildman–Crippen MR) is 30.8 cm³/mol. The van der Waals surface area contributed by atoms with E-state index in [-0.39, 0.29) is 6.42 Å². The largest absolute Gasteiger partial charge is 0.393 e. The van der Waals surface area contributed by atoms with Crippen LogP contribution >= 0.6 is 0 Å². The first-order valence-corrected chi connectivity index (χ1v) is 3.20. The zero-order chi connectivity index (χ0) is 6.85. The van der Waals surface area contributed by atoms with Gasteiger partial charge in [0.1, 0.15) is 6.17 Å². The van der Waals surface area contributed by atoms with E-state index < -0.39 is 18.4 Å². The highest BCUT2D eigenvalue weighted by Gasteiger charge is 2.27. The second-order valence-electron chi connectivity index (χ2n) is 2.55. The zero-order valence-corrected chi connectivity index (χ0v) is 5.13. The number of halogens is 1. The monoisotopic (exact) mass is 134 g/mol. The van der Waals surface area contributed by atoms with E-state index in [0.717, 1.165) is 0 Å². The fraction of sp³-hybridized carbons (Fsp3) is 1.00. The van der Waals surface area contributed by atoms with Crippen LogP contribution in [0.3, 0.4) is 0 Å². The van der Waals surface area contributed by atoms with Gasteiger partial charge in [-0.3, -0.25) is 0 Å². The molecule has 0 aromatic carbocycles. The van der Waals surface area contributed by atoms with Crippen LogP contribution in [0.4, 0.5) is 4.39 Å². The number of aliphatic hydroxyl groups is 2. The van der Waals surface area contributed by atoms with Crippen molar-refractivity contribution in [1.82, 2.24) is 0 Å². The highest BCUT2D eigenvalue weighted by molar-refractivity contribution is 4.78. The van der Waals surface area contributed by atoms with E-state index in [1.165, 1.54) is 0 Å². The van der Waals surface area contributed by atoms with Gasteiger partial charge in [-0.15, -0.1) is 0 Å². The molecule has 1 aliphatic rings. The van der Waals surface area contributed by atoms with E-state index in [0.29, 0.717) is 12.8 Å². The molecule has 0 aromatic rings. The van der Waals surface area contributed by atoms with Gasteiger partial charge < -0.3 is 10.2 Å². The molecule has 2 nitrogen and oxygen atoms in total. The molecule has 54 valence electrons. The van der Waals surface area contributed by atoms with E-state index >= 15 is 0 Å². The maximum Gasteiger partial charge on any atom is 0.128 e. The predicted octanol–water partition coefficient (Wildman–Crippen LogP) is 0.230. The maximum absolute atomic E-state index is 12.4. The minimum atomic E-state index is -1.21. The molecular formula is C6H11FO2. The van der Waals surface area contributed by atoms with E-state index in [4.69, 9.17) is 10.2 Å². The lowest BCUT2D eigenvalue weighted by atomic mass is 9.94. The summed E-state index contributed by atoms with van der Waals surface area (Å²) in [6.07, 6.45) is -1.57. The summed E-state index contributed by atoms with van der Waals surface area (Å²) in [6, 6.07) is 0. The van der Waals surface area contributed by atoms with Crippen molar-refractivity contribution in [3.63, 3.8) is 0 Å². The van der Waals surface area contributed by atoms with Crippen LogP contribution in [0.5, 0.6) is 0 Å². The zero-order valence-electron chi connectivity index (χ0n) is 5.13. The molecule has 0 aromatic heterocycles. The molecular weight excluding hydrogens is 123 g/mol. The Hall–Kier alpha value is -0.150. The molecule has 0 spiro atoms. The fourth-order valence-electron chi connectivity index (χ4n) is 1.08. The van der Waals surface area contributed by atoms with Crippen molar-refractivity contribution in [1.29, 1.82) is 0 Å². The third-order valence-electron chi connectivity index (χ3n) is 1.71. The van der Waals surface area contributed by atoms with E-state index in [9.17, 15) is 4.39 Å². The average Bonchev–Trinajstić information content (AvgIpc) is 1.80. The van der Waals surface area contributed by atoms with Crippen molar-refractivity contribution < 1.29 is 14.6 Å². The molecule has 9 heavy (non-hydrogen) atoms. The van der Waals surface area contributed by atoms with Gasteiger partial charge >= 0.3 is 0 Å². The molecule has 1 fully saturated rings. The average molecular weight is 134 g/mol. The van der Waals surface area contributed by atoms with Crippen molar-refractivity contribution in [2.45, 2.75) is 37.6 Å². The van der Waals surface area contributed by atoms with Crippen LogP contribution < -0.4 is 0 Å². The van der Waals surface area contributed by atoms with Crippen molar-refractivity contribution in [2.24, 2.45) is 0 Å². The fourth-order valence-corrected chi connectivity index (χ4v) is 1.08. The first kappa shape index (κ1) is 6.96.